The monoisotopic (exact) mass is 374 g/mol. The van der Waals surface area contributed by atoms with Gasteiger partial charge < -0.3 is 0 Å². The van der Waals surface area contributed by atoms with Crippen LogP contribution in [-0.2, 0) is 0 Å². The molecule has 0 fully saturated rings. The third kappa shape index (κ3) is 3.29. The standard InChI is InChI=1S/C16H14BrF3S/c1-3-7-21-16-10(5-4-6-12(16)17)11-8-13(18)15(20)14(19)9(11)2/h4-6,8H,3,7H2,1-2H3. The summed E-state index contributed by atoms with van der Waals surface area (Å²) in [7, 11) is 0. The minimum atomic E-state index is -1.42. The van der Waals surface area contributed by atoms with Crippen molar-refractivity contribution in [2.24, 2.45) is 0 Å². The number of halogens is 4. The van der Waals surface area contributed by atoms with Gasteiger partial charge in [0, 0.05) is 9.37 Å². The Bertz CT molecular complexity index is 671. The highest BCUT2D eigenvalue weighted by molar-refractivity contribution is 9.10. The molecule has 0 aliphatic rings. The maximum absolute atomic E-state index is 13.8. The van der Waals surface area contributed by atoms with Gasteiger partial charge in [-0.15, -0.1) is 11.8 Å². The summed E-state index contributed by atoms with van der Waals surface area (Å²) in [6.45, 7) is 3.52. The van der Waals surface area contributed by atoms with Crippen molar-refractivity contribution in [3.05, 3.63) is 51.8 Å². The Balaban J connectivity index is 2.65. The Hall–Kier alpha value is -0.940. The third-order valence-electron chi connectivity index (χ3n) is 3.11. The van der Waals surface area contributed by atoms with E-state index in [9.17, 15) is 13.2 Å². The molecule has 0 spiro atoms. The van der Waals surface area contributed by atoms with E-state index in [1.54, 1.807) is 23.9 Å². The smallest absolute Gasteiger partial charge is 0.194 e. The van der Waals surface area contributed by atoms with E-state index in [4.69, 9.17) is 0 Å². The zero-order valence-corrected chi connectivity index (χ0v) is 14.0. The Morgan fingerprint density at radius 2 is 1.81 bits per heavy atom. The topological polar surface area (TPSA) is 0 Å². The quantitative estimate of drug-likeness (QED) is 0.444. The van der Waals surface area contributed by atoms with Gasteiger partial charge in [0.25, 0.3) is 0 Å². The summed E-state index contributed by atoms with van der Waals surface area (Å²) in [5, 5.41) is 0. The van der Waals surface area contributed by atoms with Crippen LogP contribution in [0.5, 0.6) is 0 Å². The molecule has 0 unspecified atom stereocenters. The fraction of sp³-hybridized carbons (Fsp3) is 0.250. The van der Waals surface area contributed by atoms with E-state index in [0.29, 0.717) is 11.1 Å². The predicted molar refractivity (Wildman–Crippen MR) is 85.2 cm³/mol. The van der Waals surface area contributed by atoms with Crippen LogP contribution in [0.4, 0.5) is 13.2 Å². The maximum Gasteiger partial charge on any atom is 0.194 e. The van der Waals surface area contributed by atoms with Gasteiger partial charge >= 0.3 is 0 Å². The lowest BCUT2D eigenvalue weighted by atomic mass is 9.99. The molecule has 0 aromatic heterocycles. The van der Waals surface area contributed by atoms with Crippen molar-refractivity contribution < 1.29 is 13.2 Å². The van der Waals surface area contributed by atoms with Gasteiger partial charge in [-0.2, -0.15) is 0 Å². The molecule has 0 nitrogen and oxygen atoms in total. The lowest BCUT2D eigenvalue weighted by Gasteiger charge is -2.14. The highest BCUT2D eigenvalue weighted by Crippen LogP contribution is 2.39. The molecular weight excluding hydrogens is 361 g/mol. The third-order valence-corrected chi connectivity index (χ3v) is 5.38. The van der Waals surface area contributed by atoms with Crippen LogP contribution in [-0.4, -0.2) is 5.75 Å². The molecule has 0 saturated heterocycles. The van der Waals surface area contributed by atoms with Gasteiger partial charge in [-0.3, -0.25) is 0 Å². The molecule has 0 heterocycles. The van der Waals surface area contributed by atoms with E-state index in [1.165, 1.54) is 6.92 Å². The van der Waals surface area contributed by atoms with Gasteiger partial charge in [0.05, 0.1) is 0 Å². The molecule has 112 valence electrons. The molecule has 0 saturated carbocycles. The lowest BCUT2D eigenvalue weighted by molar-refractivity contribution is 0.444. The minimum Gasteiger partial charge on any atom is -0.204 e. The van der Waals surface area contributed by atoms with Crippen molar-refractivity contribution in [3.63, 3.8) is 0 Å². The maximum atomic E-state index is 13.8. The van der Waals surface area contributed by atoms with Gasteiger partial charge in [-0.1, -0.05) is 19.1 Å². The Morgan fingerprint density at radius 1 is 1.10 bits per heavy atom. The van der Waals surface area contributed by atoms with Gasteiger partial charge in [0.2, 0.25) is 0 Å². The first-order chi connectivity index (χ1) is 9.97. The van der Waals surface area contributed by atoms with Crippen LogP contribution >= 0.6 is 27.7 Å². The summed E-state index contributed by atoms with van der Waals surface area (Å²) in [5.41, 5.74) is 1.20. The summed E-state index contributed by atoms with van der Waals surface area (Å²) in [6, 6.07) is 6.54. The average Bonchev–Trinajstić information content (AvgIpc) is 2.47. The highest BCUT2D eigenvalue weighted by atomic mass is 79.9. The minimum absolute atomic E-state index is 0.116. The van der Waals surface area contributed by atoms with Crippen molar-refractivity contribution in [1.29, 1.82) is 0 Å². The summed E-state index contributed by atoms with van der Waals surface area (Å²) < 4.78 is 41.5. The summed E-state index contributed by atoms with van der Waals surface area (Å²) in [6.07, 6.45) is 0.983. The summed E-state index contributed by atoms with van der Waals surface area (Å²) >= 11 is 5.08. The van der Waals surface area contributed by atoms with E-state index in [2.05, 4.69) is 22.9 Å². The van der Waals surface area contributed by atoms with Crippen molar-refractivity contribution in [1.82, 2.24) is 0 Å². The molecule has 2 aromatic rings. The van der Waals surface area contributed by atoms with Crippen molar-refractivity contribution >= 4 is 27.7 Å². The number of rotatable bonds is 4. The van der Waals surface area contributed by atoms with Crippen molar-refractivity contribution in [3.8, 4) is 11.1 Å². The van der Waals surface area contributed by atoms with Crippen LogP contribution in [0.1, 0.15) is 18.9 Å². The molecule has 21 heavy (non-hydrogen) atoms. The molecule has 5 heteroatoms. The fourth-order valence-electron chi connectivity index (χ4n) is 2.04. The normalized spacial score (nSPS) is 11.0. The molecule has 0 amide bonds. The second-order valence-electron chi connectivity index (χ2n) is 4.62. The highest BCUT2D eigenvalue weighted by Gasteiger charge is 2.19. The van der Waals surface area contributed by atoms with E-state index < -0.39 is 17.5 Å². The zero-order valence-electron chi connectivity index (χ0n) is 11.6. The molecular formula is C16H14BrF3S. The molecule has 2 aromatic carbocycles. The fourth-order valence-corrected chi connectivity index (χ4v) is 3.69. The van der Waals surface area contributed by atoms with Crippen LogP contribution in [0, 0.1) is 24.4 Å². The molecule has 0 N–H and O–H groups in total. The van der Waals surface area contributed by atoms with Crippen LogP contribution in [0.3, 0.4) is 0 Å². The molecule has 0 atom stereocenters. The molecule has 0 aliphatic heterocycles. The van der Waals surface area contributed by atoms with Crippen molar-refractivity contribution in [2.75, 3.05) is 5.75 Å². The molecule has 0 bridgehead atoms. The second-order valence-corrected chi connectivity index (χ2v) is 6.58. The van der Waals surface area contributed by atoms with E-state index in [0.717, 1.165) is 27.6 Å². The Kier molecular flexibility index (Phi) is 5.38. The lowest BCUT2D eigenvalue weighted by Crippen LogP contribution is -1.98. The Morgan fingerprint density at radius 3 is 2.48 bits per heavy atom. The van der Waals surface area contributed by atoms with Gasteiger partial charge in [0.15, 0.2) is 17.5 Å². The summed E-state index contributed by atoms with van der Waals surface area (Å²) in [5.74, 6) is -2.83. The molecule has 0 aliphatic carbocycles. The van der Waals surface area contributed by atoms with E-state index in [1.807, 2.05) is 6.07 Å². The van der Waals surface area contributed by atoms with Crippen LogP contribution in [0.25, 0.3) is 11.1 Å². The van der Waals surface area contributed by atoms with E-state index >= 15 is 0 Å². The number of thioether (sulfide) groups is 1. The largest absolute Gasteiger partial charge is 0.204 e. The first-order valence-electron chi connectivity index (χ1n) is 6.53. The van der Waals surface area contributed by atoms with Crippen molar-refractivity contribution in [2.45, 2.75) is 25.2 Å². The van der Waals surface area contributed by atoms with Crippen LogP contribution < -0.4 is 0 Å². The first-order valence-corrected chi connectivity index (χ1v) is 8.31. The molecule has 0 radical (unpaired) electrons. The Labute approximate surface area is 134 Å². The number of hydrogen-bond acceptors (Lipinski definition) is 1. The predicted octanol–water partition coefficient (Wildman–Crippen LogP) is 6.34. The van der Waals surface area contributed by atoms with Gasteiger partial charge in [-0.25, -0.2) is 13.2 Å². The first kappa shape index (κ1) is 16.4. The second kappa shape index (κ2) is 6.88. The van der Waals surface area contributed by atoms with E-state index in [-0.39, 0.29) is 5.56 Å². The summed E-state index contributed by atoms with van der Waals surface area (Å²) in [4.78, 5) is 0.910. The van der Waals surface area contributed by atoms with Gasteiger partial charge in [0.1, 0.15) is 0 Å². The zero-order chi connectivity index (χ0) is 15.6. The number of benzene rings is 2. The molecule has 2 rings (SSSR count). The SMILES string of the molecule is CCCSc1c(Br)cccc1-c1cc(F)c(F)c(F)c1C. The average molecular weight is 375 g/mol. The van der Waals surface area contributed by atoms with Crippen LogP contribution in [0.2, 0.25) is 0 Å². The van der Waals surface area contributed by atoms with Crippen LogP contribution in [0.15, 0.2) is 33.6 Å². The number of hydrogen-bond donors (Lipinski definition) is 0. The van der Waals surface area contributed by atoms with Gasteiger partial charge in [-0.05, 0) is 63.9 Å².